The van der Waals surface area contributed by atoms with E-state index in [1.165, 1.54) is 0 Å². The lowest BCUT2D eigenvalue weighted by atomic mass is 10.1. The van der Waals surface area contributed by atoms with Crippen LogP contribution in [0.3, 0.4) is 0 Å². The zero-order chi connectivity index (χ0) is 7.84. The summed E-state index contributed by atoms with van der Waals surface area (Å²) >= 11 is 0. The standard InChI is InChI=1S/C8H8N2O/c1-5-3-2-4-6-7(5)8(11)10-9-6/h2-4H,1H3,(H2,9,10,11). The van der Waals surface area contributed by atoms with E-state index in [1.54, 1.807) is 0 Å². The third-order valence-electron chi connectivity index (χ3n) is 1.78. The number of nitrogens with one attached hydrogen (secondary N) is 1. The van der Waals surface area contributed by atoms with E-state index in [1.807, 2.05) is 25.1 Å². The first-order chi connectivity index (χ1) is 5.29. The van der Waals surface area contributed by atoms with Crippen molar-refractivity contribution in [3.05, 3.63) is 23.8 Å². The molecule has 0 fully saturated rings. The summed E-state index contributed by atoms with van der Waals surface area (Å²) in [5, 5.41) is 16.5. The van der Waals surface area contributed by atoms with E-state index in [-0.39, 0.29) is 5.88 Å². The minimum absolute atomic E-state index is 0.0816. The molecule has 0 saturated carbocycles. The Morgan fingerprint density at radius 3 is 3.00 bits per heavy atom. The van der Waals surface area contributed by atoms with Crippen molar-refractivity contribution in [1.82, 2.24) is 10.2 Å². The van der Waals surface area contributed by atoms with Crippen LogP contribution in [0.5, 0.6) is 5.88 Å². The molecule has 0 unspecified atom stereocenters. The van der Waals surface area contributed by atoms with Gasteiger partial charge in [0.25, 0.3) is 0 Å². The fraction of sp³-hybridized carbons (Fsp3) is 0.125. The summed E-state index contributed by atoms with van der Waals surface area (Å²) in [5.41, 5.74) is 1.91. The maximum absolute atomic E-state index is 9.25. The highest BCUT2D eigenvalue weighted by atomic mass is 16.3. The number of hydrogen-bond donors (Lipinski definition) is 2. The Morgan fingerprint density at radius 1 is 1.45 bits per heavy atom. The van der Waals surface area contributed by atoms with Crippen molar-refractivity contribution in [2.45, 2.75) is 6.92 Å². The van der Waals surface area contributed by atoms with Gasteiger partial charge in [-0.2, -0.15) is 0 Å². The van der Waals surface area contributed by atoms with Crippen molar-refractivity contribution in [3.63, 3.8) is 0 Å². The van der Waals surface area contributed by atoms with Crippen LogP contribution < -0.4 is 0 Å². The van der Waals surface area contributed by atoms with Crippen molar-refractivity contribution in [1.29, 1.82) is 0 Å². The SMILES string of the molecule is Cc1cccc2[nH]nc(O)c12. The molecule has 0 amide bonds. The molecule has 1 aromatic carbocycles. The van der Waals surface area contributed by atoms with Gasteiger partial charge in [0.2, 0.25) is 5.88 Å². The lowest BCUT2D eigenvalue weighted by molar-refractivity contribution is 0.457. The Morgan fingerprint density at radius 2 is 2.27 bits per heavy atom. The molecule has 0 aliphatic heterocycles. The predicted octanol–water partition coefficient (Wildman–Crippen LogP) is 1.58. The molecule has 0 bridgehead atoms. The van der Waals surface area contributed by atoms with E-state index in [2.05, 4.69) is 10.2 Å². The first-order valence-corrected chi connectivity index (χ1v) is 3.41. The first-order valence-electron chi connectivity index (χ1n) is 3.41. The Balaban J connectivity index is 2.96. The van der Waals surface area contributed by atoms with Crippen molar-refractivity contribution in [3.8, 4) is 5.88 Å². The largest absolute Gasteiger partial charge is 0.492 e. The third-order valence-corrected chi connectivity index (χ3v) is 1.78. The number of hydrogen-bond acceptors (Lipinski definition) is 2. The Bertz CT molecular complexity index is 392. The van der Waals surface area contributed by atoms with Crippen LogP contribution in [-0.4, -0.2) is 15.3 Å². The van der Waals surface area contributed by atoms with Crippen LogP contribution in [0.25, 0.3) is 10.9 Å². The van der Waals surface area contributed by atoms with Gasteiger partial charge < -0.3 is 5.11 Å². The Kier molecular flexibility index (Phi) is 1.12. The molecule has 2 rings (SSSR count). The average molecular weight is 148 g/mol. The summed E-state index contributed by atoms with van der Waals surface area (Å²) in [6.07, 6.45) is 0. The van der Waals surface area contributed by atoms with Crippen molar-refractivity contribution in [2.75, 3.05) is 0 Å². The van der Waals surface area contributed by atoms with Gasteiger partial charge in [0.05, 0.1) is 10.9 Å². The van der Waals surface area contributed by atoms with E-state index in [9.17, 15) is 5.11 Å². The quantitative estimate of drug-likeness (QED) is 0.595. The molecule has 1 heterocycles. The molecular formula is C8H8N2O. The molecule has 0 spiro atoms. The monoisotopic (exact) mass is 148 g/mol. The predicted molar refractivity (Wildman–Crippen MR) is 42.5 cm³/mol. The van der Waals surface area contributed by atoms with Gasteiger partial charge in [0.1, 0.15) is 0 Å². The molecular weight excluding hydrogens is 140 g/mol. The summed E-state index contributed by atoms with van der Waals surface area (Å²) in [4.78, 5) is 0. The zero-order valence-corrected chi connectivity index (χ0v) is 6.13. The van der Waals surface area contributed by atoms with Gasteiger partial charge in [-0.25, -0.2) is 0 Å². The fourth-order valence-corrected chi connectivity index (χ4v) is 1.23. The van der Waals surface area contributed by atoms with Gasteiger partial charge >= 0.3 is 0 Å². The van der Waals surface area contributed by atoms with Crippen LogP contribution in [0.4, 0.5) is 0 Å². The highest BCUT2D eigenvalue weighted by Gasteiger charge is 2.04. The van der Waals surface area contributed by atoms with Crippen LogP contribution in [0.1, 0.15) is 5.56 Å². The second-order valence-electron chi connectivity index (χ2n) is 2.54. The van der Waals surface area contributed by atoms with Crippen LogP contribution >= 0.6 is 0 Å². The van der Waals surface area contributed by atoms with Crippen molar-refractivity contribution in [2.24, 2.45) is 0 Å². The van der Waals surface area contributed by atoms with Crippen LogP contribution in [0, 0.1) is 6.92 Å². The molecule has 11 heavy (non-hydrogen) atoms. The maximum Gasteiger partial charge on any atom is 0.238 e. The molecule has 1 aromatic heterocycles. The van der Waals surface area contributed by atoms with Crippen molar-refractivity contribution >= 4 is 10.9 Å². The number of aryl methyl sites for hydroxylation is 1. The molecule has 2 aromatic rings. The lowest BCUT2D eigenvalue weighted by Gasteiger charge is -1.92. The van der Waals surface area contributed by atoms with Gasteiger partial charge in [-0.1, -0.05) is 12.1 Å². The number of nitrogens with zero attached hydrogens (tertiary/aromatic N) is 1. The molecule has 0 atom stereocenters. The van der Waals surface area contributed by atoms with Crippen LogP contribution in [-0.2, 0) is 0 Å². The molecule has 2 N–H and O–H groups in total. The van der Waals surface area contributed by atoms with E-state index < -0.39 is 0 Å². The molecule has 0 aliphatic carbocycles. The van der Waals surface area contributed by atoms with Crippen molar-refractivity contribution < 1.29 is 5.11 Å². The smallest absolute Gasteiger partial charge is 0.238 e. The molecule has 3 nitrogen and oxygen atoms in total. The maximum atomic E-state index is 9.25. The van der Waals surface area contributed by atoms with Gasteiger partial charge in [-0.3, -0.25) is 5.10 Å². The molecule has 56 valence electrons. The molecule has 0 radical (unpaired) electrons. The summed E-state index contributed by atoms with van der Waals surface area (Å²) in [6, 6.07) is 5.75. The van der Waals surface area contributed by atoms with Crippen LogP contribution in [0.2, 0.25) is 0 Å². The number of fused-ring (bicyclic) bond motifs is 1. The van der Waals surface area contributed by atoms with Gasteiger partial charge in [-0.15, -0.1) is 5.10 Å². The normalized spacial score (nSPS) is 10.6. The number of rotatable bonds is 0. The van der Waals surface area contributed by atoms with Gasteiger partial charge in [-0.05, 0) is 18.6 Å². The topological polar surface area (TPSA) is 48.9 Å². The lowest BCUT2D eigenvalue weighted by Crippen LogP contribution is -1.72. The van der Waals surface area contributed by atoms with E-state index in [0.717, 1.165) is 16.5 Å². The van der Waals surface area contributed by atoms with E-state index in [4.69, 9.17) is 0 Å². The second kappa shape index (κ2) is 1.99. The summed E-state index contributed by atoms with van der Waals surface area (Å²) in [6.45, 7) is 1.94. The Hall–Kier alpha value is -1.51. The summed E-state index contributed by atoms with van der Waals surface area (Å²) in [7, 11) is 0. The zero-order valence-electron chi connectivity index (χ0n) is 6.13. The highest BCUT2D eigenvalue weighted by Crippen LogP contribution is 2.23. The number of benzene rings is 1. The highest BCUT2D eigenvalue weighted by molar-refractivity contribution is 5.86. The number of aromatic hydroxyl groups is 1. The molecule has 0 saturated heterocycles. The number of aromatic amines is 1. The summed E-state index contributed by atoms with van der Waals surface area (Å²) in [5.74, 6) is 0.0816. The second-order valence-corrected chi connectivity index (χ2v) is 2.54. The number of H-pyrrole nitrogens is 1. The molecule has 0 aliphatic rings. The van der Waals surface area contributed by atoms with E-state index >= 15 is 0 Å². The average Bonchev–Trinajstić information content (AvgIpc) is 2.34. The number of aromatic nitrogens is 2. The minimum atomic E-state index is 0.0816. The summed E-state index contributed by atoms with van der Waals surface area (Å²) < 4.78 is 0. The fourth-order valence-electron chi connectivity index (χ4n) is 1.23. The van der Waals surface area contributed by atoms with Gasteiger partial charge in [0, 0.05) is 0 Å². The third kappa shape index (κ3) is 0.774. The molecule has 3 heteroatoms. The Labute approximate surface area is 63.7 Å². The minimum Gasteiger partial charge on any atom is -0.492 e. The first kappa shape index (κ1) is 6.22. The van der Waals surface area contributed by atoms with Crippen LogP contribution in [0.15, 0.2) is 18.2 Å². The van der Waals surface area contributed by atoms with Gasteiger partial charge in [0.15, 0.2) is 0 Å². The van der Waals surface area contributed by atoms with E-state index in [0.29, 0.717) is 0 Å².